The molecule has 1 aromatic carbocycles. The highest BCUT2D eigenvalue weighted by Crippen LogP contribution is 2.07. The van der Waals surface area contributed by atoms with E-state index in [9.17, 15) is 0 Å². The van der Waals surface area contributed by atoms with Crippen molar-refractivity contribution in [3.05, 3.63) is 53.6 Å². The van der Waals surface area contributed by atoms with Gasteiger partial charge in [-0.15, -0.1) is 0 Å². The first-order valence-electron chi connectivity index (χ1n) is 4.79. The smallest absolute Gasteiger partial charge is 0.105 e. The Morgan fingerprint density at radius 3 is 2.79 bits per heavy atom. The number of benzene rings is 1. The topological polar surface area (TPSA) is 17.8 Å². The molecule has 2 heteroatoms. The second-order valence-corrected chi connectivity index (χ2v) is 3.59. The maximum Gasteiger partial charge on any atom is 0.105 e. The third-order valence-corrected chi connectivity index (χ3v) is 2.36. The average molecular weight is 186 g/mol. The molecule has 0 spiro atoms. The van der Waals surface area contributed by atoms with Crippen LogP contribution in [0.5, 0.6) is 0 Å². The molecule has 0 N–H and O–H groups in total. The summed E-state index contributed by atoms with van der Waals surface area (Å²) in [5.74, 6) is 1.06. The summed E-state index contributed by atoms with van der Waals surface area (Å²) in [6.45, 7) is 5.05. The third kappa shape index (κ3) is 1.84. The Hall–Kier alpha value is -1.57. The average Bonchev–Trinajstić information content (AvgIpc) is 2.52. The first kappa shape index (κ1) is 9.00. The molecule has 0 unspecified atom stereocenters. The highest BCUT2D eigenvalue weighted by atomic mass is 15.0. The van der Waals surface area contributed by atoms with Crippen molar-refractivity contribution in [3.63, 3.8) is 0 Å². The third-order valence-electron chi connectivity index (χ3n) is 2.36. The normalized spacial score (nSPS) is 10.4. The van der Waals surface area contributed by atoms with Crippen molar-refractivity contribution in [3.8, 4) is 0 Å². The Balaban J connectivity index is 2.23. The van der Waals surface area contributed by atoms with Crippen LogP contribution in [0.3, 0.4) is 0 Å². The summed E-state index contributed by atoms with van der Waals surface area (Å²) in [5.41, 5.74) is 2.63. The van der Waals surface area contributed by atoms with Crippen LogP contribution in [-0.2, 0) is 6.54 Å². The van der Waals surface area contributed by atoms with Gasteiger partial charge in [0.05, 0.1) is 0 Å². The zero-order valence-corrected chi connectivity index (χ0v) is 8.57. The molecule has 2 rings (SSSR count). The molecule has 1 heterocycles. The summed E-state index contributed by atoms with van der Waals surface area (Å²) in [6, 6.07) is 8.56. The van der Waals surface area contributed by atoms with Crippen molar-refractivity contribution in [2.24, 2.45) is 0 Å². The Labute approximate surface area is 84.2 Å². The lowest BCUT2D eigenvalue weighted by molar-refractivity contribution is 0.761. The van der Waals surface area contributed by atoms with E-state index >= 15 is 0 Å². The lowest BCUT2D eigenvalue weighted by Crippen LogP contribution is -2.00. The van der Waals surface area contributed by atoms with Crippen LogP contribution in [-0.4, -0.2) is 9.55 Å². The monoisotopic (exact) mass is 186 g/mol. The Kier molecular flexibility index (Phi) is 2.35. The van der Waals surface area contributed by atoms with E-state index in [0.717, 1.165) is 12.4 Å². The molecule has 2 nitrogen and oxygen atoms in total. The van der Waals surface area contributed by atoms with Crippen molar-refractivity contribution in [2.75, 3.05) is 0 Å². The maximum absolute atomic E-state index is 4.20. The lowest BCUT2D eigenvalue weighted by Gasteiger charge is -2.05. The van der Waals surface area contributed by atoms with Crippen LogP contribution >= 0.6 is 0 Å². The molecule has 0 fully saturated rings. The van der Waals surface area contributed by atoms with Crippen molar-refractivity contribution in [2.45, 2.75) is 20.4 Å². The van der Waals surface area contributed by atoms with Crippen LogP contribution in [0.15, 0.2) is 36.7 Å². The quantitative estimate of drug-likeness (QED) is 0.704. The number of aromatic nitrogens is 2. The van der Waals surface area contributed by atoms with E-state index in [4.69, 9.17) is 0 Å². The number of rotatable bonds is 2. The predicted molar refractivity (Wildman–Crippen MR) is 57.2 cm³/mol. The standard InChI is InChI=1S/C12H14N2/c1-10-4-3-5-12(8-10)9-14-7-6-13-11(14)2/h3-8H,9H2,1-2H3. The Bertz CT molecular complexity index is 429. The van der Waals surface area contributed by atoms with E-state index in [1.807, 2.05) is 19.3 Å². The maximum atomic E-state index is 4.20. The molecule has 0 saturated heterocycles. The number of hydrogen-bond donors (Lipinski definition) is 0. The first-order chi connectivity index (χ1) is 6.75. The van der Waals surface area contributed by atoms with Crippen LogP contribution in [0.2, 0.25) is 0 Å². The molecular weight excluding hydrogens is 172 g/mol. The molecule has 0 atom stereocenters. The summed E-state index contributed by atoms with van der Waals surface area (Å²) in [7, 11) is 0. The molecule has 72 valence electrons. The molecule has 2 aromatic rings. The number of aryl methyl sites for hydroxylation is 2. The van der Waals surface area contributed by atoms with Gasteiger partial charge in [0.25, 0.3) is 0 Å². The lowest BCUT2D eigenvalue weighted by atomic mass is 10.1. The minimum absolute atomic E-state index is 0.910. The number of hydrogen-bond acceptors (Lipinski definition) is 1. The molecule has 0 bridgehead atoms. The fourth-order valence-corrected chi connectivity index (χ4v) is 1.58. The number of imidazole rings is 1. The van der Waals surface area contributed by atoms with Gasteiger partial charge in [0, 0.05) is 18.9 Å². The highest BCUT2D eigenvalue weighted by molar-refractivity contribution is 5.22. The zero-order chi connectivity index (χ0) is 9.97. The summed E-state index contributed by atoms with van der Waals surface area (Å²) in [6.07, 6.45) is 3.85. The van der Waals surface area contributed by atoms with Crippen LogP contribution in [0.4, 0.5) is 0 Å². The fraction of sp³-hybridized carbons (Fsp3) is 0.250. The van der Waals surface area contributed by atoms with Gasteiger partial charge in [-0.05, 0) is 19.4 Å². The zero-order valence-electron chi connectivity index (χ0n) is 8.57. The molecule has 0 amide bonds. The van der Waals surface area contributed by atoms with Crippen LogP contribution < -0.4 is 0 Å². The van der Waals surface area contributed by atoms with Crippen molar-refractivity contribution in [1.29, 1.82) is 0 Å². The summed E-state index contributed by atoms with van der Waals surface area (Å²) in [4.78, 5) is 4.20. The van der Waals surface area contributed by atoms with E-state index in [2.05, 4.69) is 40.7 Å². The fourth-order valence-electron chi connectivity index (χ4n) is 1.58. The summed E-state index contributed by atoms with van der Waals surface area (Å²) in [5, 5.41) is 0. The SMILES string of the molecule is Cc1cccc(Cn2ccnc2C)c1. The molecule has 0 aliphatic carbocycles. The summed E-state index contributed by atoms with van der Waals surface area (Å²) >= 11 is 0. The second kappa shape index (κ2) is 3.66. The predicted octanol–water partition coefficient (Wildman–Crippen LogP) is 2.55. The van der Waals surface area contributed by atoms with E-state index in [0.29, 0.717) is 0 Å². The van der Waals surface area contributed by atoms with Crippen LogP contribution in [0.1, 0.15) is 17.0 Å². The van der Waals surface area contributed by atoms with Gasteiger partial charge in [0.15, 0.2) is 0 Å². The van der Waals surface area contributed by atoms with Crippen LogP contribution in [0.25, 0.3) is 0 Å². The molecular formula is C12H14N2. The van der Waals surface area contributed by atoms with Gasteiger partial charge in [0.1, 0.15) is 5.82 Å². The molecule has 14 heavy (non-hydrogen) atoms. The van der Waals surface area contributed by atoms with Gasteiger partial charge < -0.3 is 4.57 Å². The van der Waals surface area contributed by atoms with Crippen molar-refractivity contribution >= 4 is 0 Å². The van der Waals surface area contributed by atoms with E-state index in [1.54, 1.807) is 0 Å². The Morgan fingerprint density at radius 1 is 1.29 bits per heavy atom. The molecule has 0 aliphatic rings. The van der Waals surface area contributed by atoms with Gasteiger partial charge in [-0.1, -0.05) is 29.8 Å². The van der Waals surface area contributed by atoms with Crippen LogP contribution in [0, 0.1) is 13.8 Å². The van der Waals surface area contributed by atoms with Crippen molar-refractivity contribution < 1.29 is 0 Å². The minimum Gasteiger partial charge on any atom is -0.331 e. The van der Waals surface area contributed by atoms with Gasteiger partial charge in [-0.25, -0.2) is 4.98 Å². The highest BCUT2D eigenvalue weighted by Gasteiger charge is 1.98. The minimum atomic E-state index is 0.910. The number of nitrogens with zero attached hydrogens (tertiary/aromatic N) is 2. The van der Waals surface area contributed by atoms with Gasteiger partial charge in [0.2, 0.25) is 0 Å². The van der Waals surface area contributed by atoms with Gasteiger partial charge >= 0.3 is 0 Å². The van der Waals surface area contributed by atoms with Gasteiger partial charge in [-0.3, -0.25) is 0 Å². The molecule has 1 aromatic heterocycles. The second-order valence-electron chi connectivity index (χ2n) is 3.59. The van der Waals surface area contributed by atoms with E-state index in [-0.39, 0.29) is 0 Å². The molecule has 0 radical (unpaired) electrons. The Morgan fingerprint density at radius 2 is 2.14 bits per heavy atom. The van der Waals surface area contributed by atoms with Gasteiger partial charge in [-0.2, -0.15) is 0 Å². The first-order valence-corrected chi connectivity index (χ1v) is 4.79. The van der Waals surface area contributed by atoms with E-state index in [1.165, 1.54) is 11.1 Å². The molecule has 0 saturated carbocycles. The molecule has 0 aliphatic heterocycles. The summed E-state index contributed by atoms with van der Waals surface area (Å²) < 4.78 is 2.15. The van der Waals surface area contributed by atoms with E-state index < -0.39 is 0 Å². The van der Waals surface area contributed by atoms with Crippen molar-refractivity contribution in [1.82, 2.24) is 9.55 Å². The largest absolute Gasteiger partial charge is 0.331 e.